The van der Waals surface area contributed by atoms with Gasteiger partial charge in [-0.15, -0.1) is 0 Å². The zero-order valence-electron chi connectivity index (χ0n) is 14.5. The van der Waals surface area contributed by atoms with Crippen molar-refractivity contribution in [2.75, 3.05) is 6.61 Å². The van der Waals surface area contributed by atoms with E-state index in [2.05, 4.69) is 17.4 Å². The molecule has 1 amide bonds. The molecular weight excluding hydrogens is 316 g/mol. The summed E-state index contributed by atoms with van der Waals surface area (Å²) in [5.74, 6) is 1.01. The third-order valence-electron chi connectivity index (χ3n) is 3.55. The molecule has 130 valence electrons. The monoisotopic (exact) mass is 338 g/mol. The predicted molar refractivity (Wildman–Crippen MR) is 95.2 cm³/mol. The van der Waals surface area contributed by atoms with Crippen molar-refractivity contribution < 1.29 is 14.3 Å². The van der Waals surface area contributed by atoms with Crippen LogP contribution in [0.15, 0.2) is 42.5 Å². The number of rotatable bonds is 8. The van der Waals surface area contributed by atoms with Crippen LogP contribution < -0.4 is 14.8 Å². The Morgan fingerprint density at radius 2 is 1.80 bits per heavy atom. The molecule has 0 atom stereocenters. The van der Waals surface area contributed by atoms with Crippen molar-refractivity contribution >= 4 is 5.91 Å². The van der Waals surface area contributed by atoms with Crippen molar-refractivity contribution in [1.29, 1.82) is 5.26 Å². The van der Waals surface area contributed by atoms with Gasteiger partial charge in [0.25, 0.3) is 0 Å². The molecule has 5 heteroatoms. The third-order valence-corrected chi connectivity index (χ3v) is 3.55. The molecule has 0 unspecified atom stereocenters. The Morgan fingerprint density at radius 1 is 1.08 bits per heavy atom. The van der Waals surface area contributed by atoms with Crippen LogP contribution in [0.25, 0.3) is 0 Å². The molecule has 2 aromatic rings. The van der Waals surface area contributed by atoms with Crippen molar-refractivity contribution in [2.24, 2.45) is 0 Å². The molecule has 0 saturated heterocycles. The number of hydrogen-bond acceptors (Lipinski definition) is 4. The van der Waals surface area contributed by atoms with Crippen molar-refractivity contribution in [3.8, 4) is 17.6 Å². The summed E-state index contributed by atoms with van der Waals surface area (Å²) in [5, 5.41) is 11.2. The molecule has 0 aromatic heterocycles. The van der Waals surface area contributed by atoms with Crippen molar-refractivity contribution in [3.05, 3.63) is 59.2 Å². The highest BCUT2D eigenvalue weighted by Crippen LogP contribution is 2.29. The summed E-state index contributed by atoms with van der Waals surface area (Å²) in [6.45, 7) is 5.28. The van der Waals surface area contributed by atoms with Crippen LogP contribution in [-0.2, 0) is 17.9 Å². The van der Waals surface area contributed by atoms with E-state index in [4.69, 9.17) is 14.7 Å². The summed E-state index contributed by atoms with van der Waals surface area (Å²) in [7, 11) is 0. The van der Waals surface area contributed by atoms with Crippen LogP contribution in [0.3, 0.4) is 0 Å². The van der Waals surface area contributed by atoms with Gasteiger partial charge in [-0.25, -0.2) is 0 Å². The molecule has 0 aliphatic heterocycles. The fourth-order valence-electron chi connectivity index (χ4n) is 2.23. The van der Waals surface area contributed by atoms with Gasteiger partial charge in [0.15, 0.2) is 11.5 Å². The average Bonchev–Trinajstić information content (AvgIpc) is 2.61. The maximum Gasteiger partial charge on any atom is 0.234 e. The zero-order chi connectivity index (χ0) is 18.1. The maximum absolute atomic E-state index is 11.4. The van der Waals surface area contributed by atoms with E-state index in [1.54, 1.807) is 0 Å². The van der Waals surface area contributed by atoms with Gasteiger partial charge in [0.2, 0.25) is 5.91 Å². The Hall–Kier alpha value is -3.00. The number of nitrogens with one attached hydrogen (secondary N) is 1. The Kier molecular flexibility index (Phi) is 6.85. The number of amides is 1. The lowest BCUT2D eigenvalue weighted by Crippen LogP contribution is -2.21. The van der Waals surface area contributed by atoms with Crippen molar-refractivity contribution in [2.45, 2.75) is 33.4 Å². The maximum atomic E-state index is 11.4. The number of nitriles is 1. The van der Waals surface area contributed by atoms with Crippen LogP contribution in [0, 0.1) is 18.3 Å². The standard InChI is InChI=1S/C20H22N2O3/c1-3-24-19-12-17(13-22-20(23)10-11-21)8-9-18(19)25-14-16-6-4-15(2)5-7-16/h4-9,12H,3,10,13-14H2,1-2H3,(H,22,23). The van der Waals surface area contributed by atoms with Gasteiger partial charge in [-0.3, -0.25) is 4.79 Å². The van der Waals surface area contributed by atoms with Gasteiger partial charge in [-0.2, -0.15) is 5.26 Å². The van der Waals surface area contributed by atoms with E-state index >= 15 is 0 Å². The molecule has 5 nitrogen and oxygen atoms in total. The quantitative estimate of drug-likeness (QED) is 0.799. The number of ether oxygens (including phenoxy) is 2. The van der Waals surface area contributed by atoms with Crippen LogP contribution in [0.4, 0.5) is 0 Å². The summed E-state index contributed by atoms with van der Waals surface area (Å²) in [6.07, 6.45) is -0.143. The second kappa shape index (κ2) is 9.33. The van der Waals surface area contributed by atoms with Gasteiger partial charge in [0, 0.05) is 6.54 Å². The highest BCUT2D eigenvalue weighted by molar-refractivity contribution is 5.77. The summed E-state index contributed by atoms with van der Waals surface area (Å²) >= 11 is 0. The van der Waals surface area contributed by atoms with E-state index in [1.165, 1.54) is 5.56 Å². The van der Waals surface area contributed by atoms with E-state index < -0.39 is 0 Å². The van der Waals surface area contributed by atoms with Gasteiger partial charge in [0.05, 0.1) is 12.7 Å². The molecule has 0 heterocycles. The molecule has 2 aromatic carbocycles. The normalized spacial score (nSPS) is 9.96. The van der Waals surface area contributed by atoms with Crippen LogP contribution in [0.5, 0.6) is 11.5 Å². The third kappa shape index (κ3) is 5.85. The van der Waals surface area contributed by atoms with Gasteiger partial charge < -0.3 is 14.8 Å². The lowest BCUT2D eigenvalue weighted by Gasteiger charge is -2.14. The second-order valence-corrected chi connectivity index (χ2v) is 5.60. The zero-order valence-corrected chi connectivity index (χ0v) is 14.5. The topological polar surface area (TPSA) is 71.3 Å². The second-order valence-electron chi connectivity index (χ2n) is 5.60. The minimum absolute atomic E-state index is 0.143. The molecule has 0 aliphatic carbocycles. The van der Waals surface area contributed by atoms with E-state index in [0.717, 1.165) is 11.1 Å². The van der Waals surface area contributed by atoms with Crippen LogP contribution >= 0.6 is 0 Å². The molecule has 0 bridgehead atoms. The number of nitrogens with zero attached hydrogens (tertiary/aromatic N) is 1. The number of carbonyl (C=O) groups excluding carboxylic acids is 1. The van der Waals surface area contributed by atoms with Crippen LogP contribution in [0.1, 0.15) is 30.0 Å². The van der Waals surface area contributed by atoms with Gasteiger partial charge in [0.1, 0.15) is 13.0 Å². The fourth-order valence-corrected chi connectivity index (χ4v) is 2.23. The number of hydrogen-bond donors (Lipinski definition) is 1. The number of aryl methyl sites for hydroxylation is 1. The molecule has 2 rings (SSSR count). The summed E-state index contributed by atoms with van der Waals surface area (Å²) in [5.41, 5.74) is 3.18. The van der Waals surface area contributed by atoms with Crippen LogP contribution in [-0.4, -0.2) is 12.5 Å². The lowest BCUT2D eigenvalue weighted by molar-refractivity contribution is -0.120. The van der Waals surface area contributed by atoms with Crippen molar-refractivity contribution in [3.63, 3.8) is 0 Å². The van der Waals surface area contributed by atoms with Gasteiger partial charge in [-0.05, 0) is 37.1 Å². The fraction of sp³-hybridized carbons (Fsp3) is 0.300. The van der Waals surface area contributed by atoms with Gasteiger partial charge >= 0.3 is 0 Å². The first-order valence-electron chi connectivity index (χ1n) is 8.20. The first kappa shape index (κ1) is 18.3. The molecule has 0 radical (unpaired) electrons. The van der Waals surface area contributed by atoms with Crippen molar-refractivity contribution in [1.82, 2.24) is 5.32 Å². The first-order valence-corrected chi connectivity index (χ1v) is 8.20. The predicted octanol–water partition coefficient (Wildman–Crippen LogP) is 3.50. The van der Waals surface area contributed by atoms with Crippen LogP contribution in [0.2, 0.25) is 0 Å². The van der Waals surface area contributed by atoms with E-state index in [-0.39, 0.29) is 12.3 Å². The largest absolute Gasteiger partial charge is 0.490 e. The Bertz CT molecular complexity index is 749. The molecular formula is C20H22N2O3. The molecule has 1 N–H and O–H groups in total. The Morgan fingerprint density at radius 3 is 2.48 bits per heavy atom. The highest BCUT2D eigenvalue weighted by Gasteiger charge is 2.08. The minimum atomic E-state index is -0.292. The number of carbonyl (C=O) groups is 1. The summed E-state index contributed by atoms with van der Waals surface area (Å²) in [6, 6.07) is 15.6. The SMILES string of the molecule is CCOc1cc(CNC(=O)CC#N)ccc1OCc1ccc(C)cc1. The summed E-state index contributed by atoms with van der Waals surface area (Å²) in [4.78, 5) is 11.4. The molecule has 0 fully saturated rings. The Labute approximate surface area is 148 Å². The summed E-state index contributed by atoms with van der Waals surface area (Å²) < 4.78 is 11.5. The molecule has 0 aliphatic rings. The number of benzene rings is 2. The highest BCUT2D eigenvalue weighted by atomic mass is 16.5. The molecule has 0 saturated carbocycles. The molecule has 25 heavy (non-hydrogen) atoms. The Balaban J connectivity index is 2.03. The lowest BCUT2D eigenvalue weighted by atomic mass is 10.1. The smallest absolute Gasteiger partial charge is 0.234 e. The van der Waals surface area contributed by atoms with Gasteiger partial charge in [-0.1, -0.05) is 35.9 Å². The average molecular weight is 338 g/mol. The molecule has 0 spiro atoms. The minimum Gasteiger partial charge on any atom is -0.490 e. The van der Waals surface area contributed by atoms with E-state index in [1.807, 2.05) is 50.2 Å². The van der Waals surface area contributed by atoms with E-state index in [9.17, 15) is 4.79 Å². The van der Waals surface area contributed by atoms with E-state index in [0.29, 0.717) is 31.3 Å². The first-order chi connectivity index (χ1) is 12.1.